The van der Waals surface area contributed by atoms with Gasteiger partial charge in [-0.1, -0.05) is 59.1 Å². The van der Waals surface area contributed by atoms with Crippen molar-refractivity contribution in [1.29, 1.82) is 0 Å². The zero-order chi connectivity index (χ0) is 25.4. The van der Waals surface area contributed by atoms with Gasteiger partial charge in [0.05, 0.1) is 4.92 Å². The van der Waals surface area contributed by atoms with E-state index in [-0.39, 0.29) is 28.3 Å². The summed E-state index contributed by atoms with van der Waals surface area (Å²) in [6, 6.07) is 18.1. The Morgan fingerprint density at radius 3 is 2.33 bits per heavy atom. The van der Waals surface area contributed by atoms with Crippen molar-refractivity contribution in [2.45, 2.75) is 6.04 Å². The SMILES string of the molecule is O=C(Nc1nc2n(n1)[C@H](c1ccc(Cl)cc1)C=C(c1ccc(Cl)cc1)N2)c1ccc(Cl)c([N+](=O)[O-])c1. The first-order chi connectivity index (χ1) is 17.3. The van der Waals surface area contributed by atoms with Gasteiger partial charge in [0.15, 0.2) is 0 Å². The van der Waals surface area contributed by atoms with E-state index >= 15 is 0 Å². The number of allylic oxidation sites excluding steroid dienone is 1. The van der Waals surface area contributed by atoms with E-state index in [4.69, 9.17) is 34.8 Å². The Balaban J connectivity index is 1.49. The second-order valence-corrected chi connectivity index (χ2v) is 9.07. The van der Waals surface area contributed by atoms with Crippen molar-refractivity contribution in [1.82, 2.24) is 14.8 Å². The number of rotatable bonds is 5. The van der Waals surface area contributed by atoms with Crippen molar-refractivity contribution < 1.29 is 9.72 Å². The van der Waals surface area contributed by atoms with Crippen LogP contribution in [0.15, 0.2) is 72.8 Å². The normalized spacial score (nSPS) is 14.4. The predicted octanol–water partition coefficient (Wildman–Crippen LogP) is 6.45. The first-order valence-electron chi connectivity index (χ1n) is 10.5. The zero-order valence-corrected chi connectivity index (χ0v) is 20.4. The summed E-state index contributed by atoms with van der Waals surface area (Å²) in [4.78, 5) is 27.7. The number of carbonyl (C=O) groups is 1. The molecule has 0 bridgehead atoms. The average molecular weight is 542 g/mol. The molecule has 4 aromatic rings. The van der Waals surface area contributed by atoms with Crippen molar-refractivity contribution in [3.05, 3.63) is 115 Å². The topological polar surface area (TPSA) is 115 Å². The van der Waals surface area contributed by atoms with Gasteiger partial charge in [0.25, 0.3) is 17.5 Å². The molecular formula is C24H15Cl3N6O3. The number of aromatic nitrogens is 3. The number of hydrogen-bond donors (Lipinski definition) is 2. The fraction of sp³-hybridized carbons (Fsp3) is 0.0417. The van der Waals surface area contributed by atoms with Gasteiger partial charge in [0.1, 0.15) is 11.1 Å². The van der Waals surface area contributed by atoms with Gasteiger partial charge in [-0.25, -0.2) is 4.68 Å². The number of fused-ring (bicyclic) bond motifs is 1. The summed E-state index contributed by atoms with van der Waals surface area (Å²) >= 11 is 18.0. The maximum atomic E-state index is 12.8. The molecule has 1 aromatic heterocycles. The standard InChI is InChI=1S/C24H15Cl3N6O3/c25-16-6-1-13(2-7-16)19-12-20(14-3-8-17(26)9-4-14)32-24(28-19)30-23(31-32)29-22(34)15-5-10-18(27)21(11-15)33(35)36/h1-12,20H,(H2,28,29,30,31,34)/t20-/m0/s1. The van der Waals surface area contributed by atoms with Gasteiger partial charge in [0.2, 0.25) is 5.95 Å². The number of anilines is 2. The molecule has 1 atom stereocenters. The lowest BCUT2D eigenvalue weighted by Crippen LogP contribution is -2.20. The van der Waals surface area contributed by atoms with Crippen molar-refractivity contribution >= 4 is 64.0 Å². The molecule has 9 nitrogen and oxygen atoms in total. The second kappa shape index (κ2) is 9.62. The van der Waals surface area contributed by atoms with E-state index in [1.54, 1.807) is 28.9 Å². The summed E-state index contributed by atoms with van der Waals surface area (Å²) in [7, 11) is 0. The summed E-state index contributed by atoms with van der Waals surface area (Å²) in [5.74, 6) is -0.212. The molecular weight excluding hydrogens is 527 g/mol. The third kappa shape index (κ3) is 4.76. The van der Waals surface area contributed by atoms with Crippen LogP contribution in [-0.4, -0.2) is 25.6 Å². The minimum atomic E-state index is -0.655. The third-order valence-corrected chi connectivity index (χ3v) is 6.29. The molecule has 36 heavy (non-hydrogen) atoms. The highest BCUT2D eigenvalue weighted by Gasteiger charge is 2.26. The predicted molar refractivity (Wildman–Crippen MR) is 139 cm³/mol. The fourth-order valence-electron chi connectivity index (χ4n) is 3.71. The number of amides is 1. The van der Waals surface area contributed by atoms with Crippen molar-refractivity contribution in [3.63, 3.8) is 0 Å². The Labute approximate surface area is 219 Å². The average Bonchev–Trinajstić information content (AvgIpc) is 3.26. The van der Waals surface area contributed by atoms with Crippen LogP contribution < -0.4 is 10.6 Å². The molecule has 180 valence electrons. The Bertz CT molecular complexity index is 1520. The fourth-order valence-corrected chi connectivity index (χ4v) is 4.15. The van der Waals surface area contributed by atoms with Crippen LogP contribution >= 0.6 is 34.8 Å². The maximum Gasteiger partial charge on any atom is 0.288 e. The molecule has 0 radical (unpaired) electrons. The lowest BCUT2D eigenvalue weighted by Gasteiger charge is -2.24. The Hall–Kier alpha value is -3.92. The summed E-state index contributed by atoms with van der Waals surface area (Å²) in [6.07, 6.45) is 1.97. The van der Waals surface area contributed by atoms with Crippen LogP contribution in [0.5, 0.6) is 0 Å². The highest BCUT2D eigenvalue weighted by Crippen LogP contribution is 2.34. The summed E-state index contributed by atoms with van der Waals surface area (Å²) in [6.45, 7) is 0. The van der Waals surface area contributed by atoms with Gasteiger partial charge >= 0.3 is 0 Å². The van der Waals surface area contributed by atoms with Crippen LogP contribution in [0.2, 0.25) is 15.1 Å². The van der Waals surface area contributed by atoms with Crippen LogP contribution in [0.25, 0.3) is 5.70 Å². The molecule has 1 amide bonds. The van der Waals surface area contributed by atoms with Gasteiger partial charge in [-0.2, -0.15) is 4.98 Å². The number of nitrogens with zero attached hydrogens (tertiary/aromatic N) is 4. The van der Waals surface area contributed by atoms with Gasteiger partial charge < -0.3 is 5.32 Å². The quantitative estimate of drug-likeness (QED) is 0.221. The minimum absolute atomic E-state index is 0.0184. The number of nitrogens with one attached hydrogen (secondary N) is 2. The van der Waals surface area contributed by atoms with Gasteiger partial charge in [0, 0.05) is 27.4 Å². The van der Waals surface area contributed by atoms with E-state index in [9.17, 15) is 14.9 Å². The molecule has 0 fully saturated rings. The van der Waals surface area contributed by atoms with E-state index < -0.39 is 10.8 Å². The summed E-state index contributed by atoms with van der Waals surface area (Å²) < 4.78 is 1.63. The van der Waals surface area contributed by atoms with Gasteiger partial charge in [-0.3, -0.25) is 20.2 Å². The van der Waals surface area contributed by atoms with Crippen molar-refractivity contribution in [2.75, 3.05) is 10.6 Å². The van der Waals surface area contributed by atoms with Crippen LogP contribution in [0.4, 0.5) is 17.6 Å². The monoisotopic (exact) mass is 540 g/mol. The molecule has 12 heteroatoms. The molecule has 0 aliphatic carbocycles. The third-order valence-electron chi connectivity index (χ3n) is 5.46. The number of nitro groups is 1. The number of hydrogen-bond acceptors (Lipinski definition) is 6. The van der Waals surface area contributed by atoms with E-state index in [0.29, 0.717) is 16.0 Å². The molecule has 0 unspecified atom stereocenters. The smallest absolute Gasteiger partial charge is 0.288 e. The molecule has 0 saturated carbocycles. The first-order valence-corrected chi connectivity index (χ1v) is 11.6. The van der Waals surface area contributed by atoms with Gasteiger partial charge in [-0.05, 0) is 53.6 Å². The molecule has 0 saturated heterocycles. The van der Waals surface area contributed by atoms with Crippen molar-refractivity contribution in [2.24, 2.45) is 0 Å². The minimum Gasteiger partial charge on any atom is -0.324 e. The van der Waals surface area contributed by atoms with Crippen LogP contribution in [-0.2, 0) is 0 Å². The zero-order valence-electron chi connectivity index (χ0n) is 18.2. The molecule has 2 heterocycles. The number of nitro benzene ring substituents is 1. The number of benzene rings is 3. The molecule has 5 rings (SSSR count). The largest absolute Gasteiger partial charge is 0.324 e. The molecule has 3 aromatic carbocycles. The molecule has 1 aliphatic heterocycles. The van der Waals surface area contributed by atoms with E-state index in [2.05, 4.69) is 20.7 Å². The van der Waals surface area contributed by atoms with Crippen LogP contribution in [0.1, 0.15) is 27.5 Å². The summed E-state index contributed by atoms with van der Waals surface area (Å²) in [5, 5.41) is 22.6. The Morgan fingerprint density at radius 1 is 1.00 bits per heavy atom. The highest BCUT2D eigenvalue weighted by molar-refractivity contribution is 6.33. The summed E-state index contributed by atoms with van der Waals surface area (Å²) in [5.41, 5.74) is 2.22. The lowest BCUT2D eigenvalue weighted by molar-refractivity contribution is -0.384. The number of carbonyl (C=O) groups excluding carboxylic acids is 1. The Morgan fingerprint density at radius 2 is 1.67 bits per heavy atom. The number of halogens is 3. The van der Waals surface area contributed by atoms with E-state index in [1.165, 1.54) is 12.1 Å². The molecule has 2 N–H and O–H groups in total. The van der Waals surface area contributed by atoms with Crippen molar-refractivity contribution in [3.8, 4) is 0 Å². The Kier molecular flexibility index (Phi) is 6.36. The van der Waals surface area contributed by atoms with Crippen LogP contribution in [0.3, 0.4) is 0 Å². The molecule has 1 aliphatic rings. The highest BCUT2D eigenvalue weighted by atomic mass is 35.5. The lowest BCUT2D eigenvalue weighted by atomic mass is 10.0. The van der Waals surface area contributed by atoms with E-state index in [0.717, 1.165) is 22.9 Å². The van der Waals surface area contributed by atoms with Gasteiger partial charge in [-0.15, -0.1) is 5.10 Å². The van der Waals surface area contributed by atoms with Crippen LogP contribution in [0, 0.1) is 10.1 Å². The van der Waals surface area contributed by atoms with E-state index in [1.807, 2.05) is 30.3 Å². The maximum absolute atomic E-state index is 12.8. The second-order valence-electron chi connectivity index (χ2n) is 7.79. The molecule has 0 spiro atoms. The first kappa shape index (κ1) is 23.8.